The summed E-state index contributed by atoms with van der Waals surface area (Å²) in [5.41, 5.74) is 1.39. The summed E-state index contributed by atoms with van der Waals surface area (Å²) in [7, 11) is 0. The maximum absolute atomic E-state index is 13.2. The molecule has 0 aliphatic heterocycles. The zero-order valence-corrected chi connectivity index (χ0v) is 23.9. The van der Waals surface area contributed by atoms with E-state index in [1.807, 2.05) is 0 Å². The zero-order valence-electron chi connectivity index (χ0n) is 23.9. The van der Waals surface area contributed by atoms with Gasteiger partial charge in [-0.05, 0) is 66.7 Å². The van der Waals surface area contributed by atoms with E-state index in [9.17, 15) is 27.6 Å². The van der Waals surface area contributed by atoms with Gasteiger partial charge in [-0.2, -0.15) is 13.2 Å². The van der Waals surface area contributed by atoms with Crippen molar-refractivity contribution in [2.75, 3.05) is 11.9 Å². The Bertz CT molecular complexity index is 1850. The largest absolute Gasteiger partial charge is 0.416 e. The van der Waals surface area contributed by atoms with Crippen LogP contribution in [0.1, 0.15) is 51.4 Å². The molecule has 228 valence electrons. The monoisotopic (exact) mass is 612 g/mol. The lowest BCUT2D eigenvalue weighted by molar-refractivity contribution is -0.137. The topological polar surface area (TPSA) is 126 Å². The Morgan fingerprint density at radius 2 is 1.62 bits per heavy atom. The molecule has 0 bridgehead atoms. The van der Waals surface area contributed by atoms with Crippen molar-refractivity contribution in [3.05, 3.63) is 120 Å². The minimum Gasteiger partial charge on any atom is -0.354 e. The quantitative estimate of drug-likeness (QED) is 0.189. The lowest BCUT2D eigenvalue weighted by Gasteiger charge is -2.19. The van der Waals surface area contributed by atoms with E-state index in [0.29, 0.717) is 34.1 Å². The molecule has 0 saturated heterocycles. The molecule has 0 aliphatic carbocycles. The Labute approximate surface area is 255 Å². The van der Waals surface area contributed by atoms with E-state index in [2.05, 4.69) is 30.9 Å². The number of rotatable bonds is 9. The molecule has 3 aromatic heterocycles. The van der Waals surface area contributed by atoms with Crippen LogP contribution in [-0.2, 0) is 11.0 Å². The third-order valence-corrected chi connectivity index (χ3v) is 6.91. The third-order valence-electron chi connectivity index (χ3n) is 6.91. The molecule has 5 aromatic rings. The van der Waals surface area contributed by atoms with Crippen LogP contribution < -0.4 is 16.0 Å². The van der Waals surface area contributed by atoms with Gasteiger partial charge >= 0.3 is 6.18 Å². The summed E-state index contributed by atoms with van der Waals surface area (Å²) in [6.45, 7) is 1.91. The average molecular weight is 613 g/mol. The fraction of sp³-hybridized carbons (Fsp3) is 0.152. The molecule has 5 rings (SSSR count). The van der Waals surface area contributed by atoms with Gasteiger partial charge in [-0.15, -0.1) is 0 Å². The fourth-order valence-electron chi connectivity index (χ4n) is 4.55. The number of amides is 3. The highest BCUT2D eigenvalue weighted by Crippen LogP contribution is 2.31. The number of fused-ring (bicyclic) bond motifs is 1. The second kappa shape index (κ2) is 13.3. The number of carbonyl (C=O) groups excluding carboxylic acids is 3. The number of carbonyl (C=O) groups is 3. The maximum atomic E-state index is 13.2. The van der Waals surface area contributed by atoms with E-state index < -0.39 is 23.7 Å². The molecule has 0 radical (unpaired) electrons. The first kappa shape index (κ1) is 30.8. The van der Waals surface area contributed by atoms with E-state index in [-0.39, 0.29) is 35.4 Å². The molecule has 12 heteroatoms. The second-order valence-corrected chi connectivity index (χ2v) is 9.97. The molecule has 1 atom stereocenters. The Morgan fingerprint density at radius 3 is 2.33 bits per heavy atom. The van der Waals surface area contributed by atoms with Crippen LogP contribution in [0.25, 0.3) is 22.2 Å². The predicted octanol–water partition coefficient (Wildman–Crippen LogP) is 5.96. The van der Waals surface area contributed by atoms with Gasteiger partial charge < -0.3 is 16.0 Å². The van der Waals surface area contributed by atoms with Crippen LogP contribution in [0.4, 0.5) is 19.0 Å². The van der Waals surface area contributed by atoms with Gasteiger partial charge in [0.1, 0.15) is 5.82 Å². The van der Waals surface area contributed by atoms with E-state index >= 15 is 0 Å². The van der Waals surface area contributed by atoms with Gasteiger partial charge in [0.05, 0.1) is 34.1 Å². The molecule has 0 fully saturated rings. The van der Waals surface area contributed by atoms with Gasteiger partial charge in [0.15, 0.2) is 0 Å². The minimum atomic E-state index is -4.48. The molecule has 0 aliphatic rings. The molecular formula is C33H27F3N6O3. The highest BCUT2D eigenvalue weighted by atomic mass is 19.4. The van der Waals surface area contributed by atoms with E-state index in [1.54, 1.807) is 67.7 Å². The van der Waals surface area contributed by atoms with Crippen LogP contribution in [-0.4, -0.2) is 39.2 Å². The van der Waals surface area contributed by atoms with Crippen molar-refractivity contribution in [1.29, 1.82) is 0 Å². The molecule has 45 heavy (non-hydrogen) atoms. The lowest BCUT2D eigenvalue weighted by atomic mass is 10.0. The number of halogens is 3. The highest BCUT2D eigenvalue weighted by Gasteiger charge is 2.30. The number of hydrogen-bond donors (Lipinski definition) is 3. The number of alkyl halides is 3. The van der Waals surface area contributed by atoms with Crippen molar-refractivity contribution in [2.45, 2.75) is 25.6 Å². The predicted molar refractivity (Wildman–Crippen MR) is 162 cm³/mol. The first-order chi connectivity index (χ1) is 21.6. The van der Waals surface area contributed by atoms with Crippen LogP contribution in [0.5, 0.6) is 0 Å². The molecule has 0 saturated carbocycles. The van der Waals surface area contributed by atoms with Crippen molar-refractivity contribution in [2.24, 2.45) is 0 Å². The van der Waals surface area contributed by atoms with Crippen molar-refractivity contribution in [3.8, 4) is 11.3 Å². The Hall–Kier alpha value is -5.65. The first-order valence-electron chi connectivity index (χ1n) is 14.0. The summed E-state index contributed by atoms with van der Waals surface area (Å²) in [5.74, 6) is -0.836. The van der Waals surface area contributed by atoms with Crippen molar-refractivity contribution >= 4 is 34.4 Å². The van der Waals surface area contributed by atoms with E-state index in [0.717, 1.165) is 12.1 Å². The Balaban J connectivity index is 1.31. The first-order valence-corrected chi connectivity index (χ1v) is 14.0. The van der Waals surface area contributed by atoms with Crippen LogP contribution in [0.3, 0.4) is 0 Å². The number of anilines is 1. The standard InChI is InChI=1S/C33H27F3N6O3/c1-2-29(43)39-19-27(26-7-3-4-16-37-26)41-31(44)22-10-14-25-21(18-22)11-15-28(40-25)42-32(45)24-6-5-17-38-30(24)20-8-12-23(13-9-20)33(34,35)36/h3-18,27H,2,19H2,1H3,(H,39,43)(H,41,44)(H,40,42,45)/t27-/m0/s1. The van der Waals surface area contributed by atoms with Crippen molar-refractivity contribution in [1.82, 2.24) is 25.6 Å². The fourth-order valence-corrected chi connectivity index (χ4v) is 4.55. The lowest BCUT2D eigenvalue weighted by Crippen LogP contribution is -2.38. The van der Waals surface area contributed by atoms with Crippen LogP contribution in [0.15, 0.2) is 97.3 Å². The van der Waals surface area contributed by atoms with Crippen molar-refractivity contribution < 1.29 is 27.6 Å². The smallest absolute Gasteiger partial charge is 0.354 e. The Morgan fingerprint density at radius 1 is 0.844 bits per heavy atom. The maximum Gasteiger partial charge on any atom is 0.416 e. The van der Waals surface area contributed by atoms with Gasteiger partial charge in [0, 0.05) is 41.9 Å². The molecular weight excluding hydrogens is 585 g/mol. The summed E-state index contributed by atoms with van der Waals surface area (Å²) in [5, 5.41) is 9.07. The molecule has 0 unspecified atom stereocenters. The molecule has 3 heterocycles. The Kier molecular flexibility index (Phi) is 9.12. The van der Waals surface area contributed by atoms with Crippen LogP contribution in [0, 0.1) is 0 Å². The SMILES string of the molecule is CCC(=O)NC[C@H](NC(=O)c1ccc2nc(NC(=O)c3cccnc3-c3ccc(C(F)(F)F)cc3)ccc2c1)c1ccccn1. The minimum absolute atomic E-state index is 0.149. The van der Waals surface area contributed by atoms with Gasteiger partial charge in [-0.25, -0.2) is 4.98 Å². The molecule has 3 N–H and O–H groups in total. The van der Waals surface area contributed by atoms with E-state index in [4.69, 9.17) is 0 Å². The van der Waals surface area contributed by atoms with Gasteiger partial charge in [-0.3, -0.25) is 24.4 Å². The van der Waals surface area contributed by atoms with Gasteiger partial charge in [0.25, 0.3) is 11.8 Å². The van der Waals surface area contributed by atoms with Gasteiger partial charge in [-0.1, -0.05) is 25.1 Å². The second-order valence-electron chi connectivity index (χ2n) is 9.97. The molecule has 9 nitrogen and oxygen atoms in total. The normalized spacial score (nSPS) is 11.9. The number of nitrogens with one attached hydrogen (secondary N) is 3. The number of hydrogen-bond acceptors (Lipinski definition) is 6. The van der Waals surface area contributed by atoms with Crippen LogP contribution in [0.2, 0.25) is 0 Å². The molecule has 0 spiro atoms. The summed E-state index contributed by atoms with van der Waals surface area (Å²) in [6, 6.07) is 20.4. The summed E-state index contributed by atoms with van der Waals surface area (Å²) in [6.07, 6.45) is -1.11. The van der Waals surface area contributed by atoms with Crippen molar-refractivity contribution in [3.63, 3.8) is 0 Å². The number of benzene rings is 2. The highest BCUT2D eigenvalue weighted by molar-refractivity contribution is 6.08. The number of nitrogens with zero attached hydrogens (tertiary/aromatic N) is 3. The summed E-state index contributed by atoms with van der Waals surface area (Å²) >= 11 is 0. The summed E-state index contributed by atoms with van der Waals surface area (Å²) < 4.78 is 39.0. The van der Waals surface area contributed by atoms with E-state index in [1.165, 1.54) is 24.4 Å². The number of pyridine rings is 3. The van der Waals surface area contributed by atoms with Gasteiger partial charge in [0.2, 0.25) is 5.91 Å². The molecule has 2 aromatic carbocycles. The third kappa shape index (κ3) is 7.47. The number of aromatic nitrogens is 3. The average Bonchev–Trinajstić information content (AvgIpc) is 3.06. The zero-order chi connectivity index (χ0) is 32.0. The van der Waals surface area contributed by atoms with Crippen LogP contribution >= 0.6 is 0 Å². The summed E-state index contributed by atoms with van der Waals surface area (Å²) in [4.78, 5) is 51.2. The molecule has 3 amide bonds.